The van der Waals surface area contributed by atoms with Crippen molar-refractivity contribution >= 4 is 11.6 Å². The molecule has 3 heteroatoms. The number of amides is 1. The number of hydrogen-bond acceptors (Lipinski definition) is 1. The summed E-state index contributed by atoms with van der Waals surface area (Å²) in [6.07, 6.45) is 2.10. The molecule has 0 spiro atoms. The van der Waals surface area contributed by atoms with Gasteiger partial charge in [-0.15, -0.1) is 0 Å². The van der Waals surface area contributed by atoms with E-state index in [1.807, 2.05) is 13.8 Å². The van der Waals surface area contributed by atoms with Crippen LogP contribution in [0, 0.1) is 19.7 Å². The number of benzene rings is 2. The Labute approximate surface area is 125 Å². The minimum atomic E-state index is -0.507. The Hall–Kier alpha value is -2.16. The Morgan fingerprint density at radius 3 is 2.33 bits per heavy atom. The number of carbonyl (C=O) groups is 1. The third kappa shape index (κ3) is 3.48. The second kappa shape index (κ2) is 6.53. The van der Waals surface area contributed by atoms with Crippen molar-refractivity contribution < 1.29 is 9.18 Å². The number of hydrogen-bond donors (Lipinski definition) is 1. The van der Waals surface area contributed by atoms with E-state index in [4.69, 9.17) is 0 Å². The molecule has 0 atom stereocenters. The lowest BCUT2D eigenvalue weighted by molar-refractivity contribution is 0.102. The van der Waals surface area contributed by atoms with Gasteiger partial charge in [-0.25, -0.2) is 4.39 Å². The third-order valence-electron chi connectivity index (χ3n) is 3.49. The molecule has 0 radical (unpaired) electrons. The lowest BCUT2D eigenvalue weighted by Crippen LogP contribution is -2.15. The molecule has 2 rings (SSSR count). The second-order valence-electron chi connectivity index (χ2n) is 5.29. The second-order valence-corrected chi connectivity index (χ2v) is 5.29. The normalized spacial score (nSPS) is 10.5. The van der Waals surface area contributed by atoms with Gasteiger partial charge in [0.05, 0.1) is 5.56 Å². The predicted molar refractivity (Wildman–Crippen MR) is 84.3 cm³/mol. The van der Waals surface area contributed by atoms with Crippen LogP contribution < -0.4 is 5.32 Å². The summed E-state index contributed by atoms with van der Waals surface area (Å²) in [4.78, 5) is 12.2. The van der Waals surface area contributed by atoms with E-state index in [1.54, 1.807) is 12.1 Å². The largest absolute Gasteiger partial charge is 0.321 e. The monoisotopic (exact) mass is 285 g/mol. The molecule has 0 aliphatic rings. The fraction of sp³-hybridized carbons (Fsp3) is 0.278. The first kappa shape index (κ1) is 15.2. The van der Waals surface area contributed by atoms with Gasteiger partial charge < -0.3 is 5.32 Å². The summed E-state index contributed by atoms with van der Waals surface area (Å²) in [5.74, 6) is -0.921. The van der Waals surface area contributed by atoms with E-state index in [2.05, 4.69) is 24.4 Å². The van der Waals surface area contributed by atoms with Crippen LogP contribution in [0.5, 0.6) is 0 Å². The van der Waals surface area contributed by atoms with Gasteiger partial charge in [0.1, 0.15) is 5.82 Å². The van der Waals surface area contributed by atoms with E-state index in [9.17, 15) is 9.18 Å². The minimum Gasteiger partial charge on any atom is -0.321 e. The van der Waals surface area contributed by atoms with Crippen LogP contribution in [0.25, 0.3) is 0 Å². The molecule has 110 valence electrons. The van der Waals surface area contributed by atoms with Gasteiger partial charge in [-0.2, -0.15) is 0 Å². The molecule has 0 saturated heterocycles. The molecule has 21 heavy (non-hydrogen) atoms. The molecule has 0 aromatic heterocycles. The molecule has 0 bridgehead atoms. The van der Waals surface area contributed by atoms with Crippen LogP contribution in [0.2, 0.25) is 0 Å². The Bertz CT molecular complexity index is 641. The molecule has 1 N–H and O–H groups in total. The molecule has 0 aliphatic carbocycles. The average Bonchev–Trinajstić information content (AvgIpc) is 2.43. The number of nitrogens with one attached hydrogen (secondary N) is 1. The fourth-order valence-corrected chi connectivity index (χ4v) is 2.51. The van der Waals surface area contributed by atoms with Gasteiger partial charge in [0.2, 0.25) is 0 Å². The number of carbonyl (C=O) groups excluding carboxylic acids is 1. The van der Waals surface area contributed by atoms with Gasteiger partial charge in [-0.1, -0.05) is 37.6 Å². The van der Waals surface area contributed by atoms with Crippen molar-refractivity contribution in [3.63, 3.8) is 0 Å². The molecular formula is C18H20FNO. The average molecular weight is 285 g/mol. The van der Waals surface area contributed by atoms with Gasteiger partial charge in [0.15, 0.2) is 0 Å². The van der Waals surface area contributed by atoms with Crippen LogP contribution in [0.4, 0.5) is 10.1 Å². The zero-order valence-corrected chi connectivity index (χ0v) is 12.7. The van der Waals surface area contributed by atoms with Crippen molar-refractivity contribution in [3.8, 4) is 0 Å². The standard InChI is InChI=1S/C18H20FNO/c1-4-7-14-10-12(2)17(13(3)11-14)20-18(21)15-8-5-6-9-16(15)19/h5-6,8-11H,4,7H2,1-3H3,(H,20,21). The highest BCUT2D eigenvalue weighted by atomic mass is 19.1. The summed E-state index contributed by atoms with van der Waals surface area (Å²) >= 11 is 0. The van der Waals surface area contributed by atoms with Crippen molar-refractivity contribution in [2.75, 3.05) is 5.32 Å². The summed E-state index contributed by atoms with van der Waals surface area (Å²) in [5, 5.41) is 2.83. The molecule has 2 aromatic carbocycles. The lowest BCUT2D eigenvalue weighted by atomic mass is 10.0. The Morgan fingerprint density at radius 2 is 1.76 bits per heavy atom. The first-order chi connectivity index (χ1) is 10.0. The van der Waals surface area contributed by atoms with Crippen molar-refractivity contribution in [1.82, 2.24) is 0 Å². The predicted octanol–water partition coefficient (Wildman–Crippen LogP) is 4.65. The van der Waals surface area contributed by atoms with E-state index < -0.39 is 11.7 Å². The highest BCUT2D eigenvalue weighted by Crippen LogP contribution is 2.24. The number of rotatable bonds is 4. The Morgan fingerprint density at radius 1 is 1.14 bits per heavy atom. The summed E-state index contributed by atoms with van der Waals surface area (Å²) in [7, 11) is 0. The van der Waals surface area contributed by atoms with E-state index in [1.165, 1.54) is 17.7 Å². The number of anilines is 1. The molecule has 1 amide bonds. The molecular weight excluding hydrogens is 265 g/mol. The van der Waals surface area contributed by atoms with Crippen molar-refractivity contribution in [2.24, 2.45) is 0 Å². The maximum Gasteiger partial charge on any atom is 0.258 e. The fourth-order valence-electron chi connectivity index (χ4n) is 2.51. The summed E-state index contributed by atoms with van der Waals surface area (Å²) in [6, 6.07) is 10.2. The van der Waals surface area contributed by atoms with E-state index in [0.29, 0.717) is 0 Å². The van der Waals surface area contributed by atoms with E-state index >= 15 is 0 Å². The van der Waals surface area contributed by atoms with Gasteiger partial charge in [-0.3, -0.25) is 4.79 Å². The molecule has 0 fully saturated rings. The summed E-state index contributed by atoms with van der Waals surface area (Å²) < 4.78 is 13.6. The topological polar surface area (TPSA) is 29.1 Å². The zero-order chi connectivity index (χ0) is 15.4. The van der Waals surface area contributed by atoms with E-state index in [-0.39, 0.29) is 5.56 Å². The molecule has 0 unspecified atom stereocenters. The summed E-state index contributed by atoms with van der Waals surface area (Å²) in [5.41, 5.74) is 4.10. The molecule has 2 aromatic rings. The number of halogens is 1. The van der Waals surface area contributed by atoms with Gasteiger partial charge in [-0.05, 0) is 49.1 Å². The van der Waals surface area contributed by atoms with Crippen LogP contribution in [0.15, 0.2) is 36.4 Å². The Balaban J connectivity index is 2.28. The molecule has 0 saturated carbocycles. The minimum absolute atomic E-state index is 0.0638. The Kier molecular flexibility index (Phi) is 4.73. The zero-order valence-electron chi connectivity index (χ0n) is 12.7. The van der Waals surface area contributed by atoms with Crippen molar-refractivity contribution in [1.29, 1.82) is 0 Å². The van der Waals surface area contributed by atoms with Crippen LogP contribution in [0.1, 0.15) is 40.4 Å². The highest BCUT2D eigenvalue weighted by Gasteiger charge is 2.13. The van der Waals surface area contributed by atoms with Gasteiger partial charge >= 0.3 is 0 Å². The van der Waals surface area contributed by atoms with Gasteiger partial charge in [0.25, 0.3) is 5.91 Å². The van der Waals surface area contributed by atoms with Crippen LogP contribution in [-0.2, 0) is 6.42 Å². The first-order valence-corrected chi connectivity index (χ1v) is 7.19. The molecule has 0 aliphatic heterocycles. The van der Waals surface area contributed by atoms with E-state index in [0.717, 1.165) is 29.7 Å². The quantitative estimate of drug-likeness (QED) is 0.870. The lowest BCUT2D eigenvalue weighted by Gasteiger charge is -2.14. The van der Waals surface area contributed by atoms with Crippen LogP contribution in [0.3, 0.4) is 0 Å². The highest BCUT2D eigenvalue weighted by molar-refractivity contribution is 6.05. The molecule has 2 nitrogen and oxygen atoms in total. The van der Waals surface area contributed by atoms with Crippen molar-refractivity contribution in [3.05, 3.63) is 64.5 Å². The summed E-state index contributed by atoms with van der Waals surface area (Å²) in [6.45, 7) is 6.06. The third-order valence-corrected chi connectivity index (χ3v) is 3.49. The SMILES string of the molecule is CCCc1cc(C)c(NC(=O)c2ccccc2F)c(C)c1. The maximum atomic E-state index is 13.6. The molecule has 0 heterocycles. The van der Waals surface area contributed by atoms with Gasteiger partial charge in [0, 0.05) is 5.69 Å². The van der Waals surface area contributed by atoms with Crippen molar-refractivity contribution in [2.45, 2.75) is 33.6 Å². The maximum absolute atomic E-state index is 13.6. The smallest absolute Gasteiger partial charge is 0.258 e. The first-order valence-electron chi connectivity index (χ1n) is 7.19. The van der Waals surface area contributed by atoms with Crippen LogP contribution in [-0.4, -0.2) is 5.91 Å². The number of aryl methyl sites for hydroxylation is 3. The van der Waals surface area contributed by atoms with Crippen LogP contribution >= 0.6 is 0 Å².